The molecule has 0 radical (unpaired) electrons. The summed E-state index contributed by atoms with van der Waals surface area (Å²) in [4.78, 5) is 30.1. The minimum atomic E-state index is -0.879. The van der Waals surface area contributed by atoms with Gasteiger partial charge in [0.25, 0.3) is 0 Å². The lowest BCUT2D eigenvalue weighted by molar-refractivity contribution is -0.149. The van der Waals surface area contributed by atoms with Crippen molar-refractivity contribution in [2.75, 3.05) is 6.54 Å². The first kappa shape index (κ1) is 16.8. The number of aromatic nitrogens is 1. The second-order valence-electron chi connectivity index (χ2n) is 7.17. The van der Waals surface area contributed by atoms with Gasteiger partial charge in [-0.15, -0.1) is 0 Å². The lowest BCUT2D eigenvalue weighted by Crippen LogP contribution is -2.43. The van der Waals surface area contributed by atoms with Crippen LogP contribution in [0.5, 0.6) is 0 Å². The first-order chi connectivity index (χ1) is 12.6. The lowest BCUT2D eigenvalue weighted by atomic mass is 9.94. The molecule has 2 aromatic rings. The lowest BCUT2D eigenvalue weighted by Gasteiger charge is -2.24. The number of likely N-dealkylation sites (tertiary alicyclic amines) is 1. The Morgan fingerprint density at radius 3 is 2.81 bits per heavy atom. The van der Waals surface area contributed by atoms with Gasteiger partial charge in [-0.05, 0) is 24.7 Å². The van der Waals surface area contributed by atoms with E-state index in [9.17, 15) is 14.7 Å². The average Bonchev–Trinajstić information content (AvgIpc) is 3.35. The summed E-state index contributed by atoms with van der Waals surface area (Å²) in [6.07, 6.45) is 5.26. The van der Waals surface area contributed by atoms with Gasteiger partial charge in [-0.1, -0.05) is 36.8 Å². The number of rotatable bonds is 5. The molecule has 2 aliphatic rings. The third-order valence-corrected chi connectivity index (χ3v) is 5.63. The van der Waals surface area contributed by atoms with E-state index < -0.39 is 12.0 Å². The summed E-state index contributed by atoms with van der Waals surface area (Å²) in [5.41, 5.74) is 0.941. The number of carboxylic acids is 1. The quantitative estimate of drug-likeness (QED) is 0.892. The Labute approximate surface area is 151 Å². The molecule has 3 atom stereocenters. The van der Waals surface area contributed by atoms with Crippen LogP contribution in [0.15, 0.2) is 40.9 Å². The van der Waals surface area contributed by atoms with E-state index in [0.29, 0.717) is 30.5 Å². The van der Waals surface area contributed by atoms with Crippen LogP contribution in [0.25, 0.3) is 11.3 Å². The maximum absolute atomic E-state index is 12.6. The molecule has 136 valence electrons. The van der Waals surface area contributed by atoms with Gasteiger partial charge in [0.05, 0.1) is 6.20 Å². The molecule has 1 aromatic carbocycles. The smallest absolute Gasteiger partial charge is 0.326 e. The summed E-state index contributed by atoms with van der Waals surface area (Å²) in [5.74, 6) is 0.631. The van der Waals surface area contributed by atoms with Crippen LogP contribution in [0.2, 0.25) is 0 Å². The average molecular weight is 354 g/mol. The highest BCUT2D eigenvalue weighted by Gasteiger charge is 2.49. The number of carbonyl (C=O) groups excluding carboxylic acids is 1. The zero-order valence-corrected chi connectivity index (χ0v) is 14.5. The molecule has 1 aliphatic heterocycles. The number of aliphatic carboxylic acids is 1. The topological polar surface area (TPSA) is 83.6 Å². The maximum atomic E-state index is 12.6. The Morgan fingerprint density at radius 2 is 2.04 bits per heavy atom. The summed E-state index contributed by atoms with van der Waals surface area (Å²) in [6, 6.07) is 9.00. The molecular formula is C20H22N2O4. The third-order valence-electron chi connectivity index (χ3n) is 5.63. The van der Waals surface area contributed by atoms with Crippen LogP contribution in [0.1, 0.15) is 31.6 Å². The number of nitrogens with zero attached hydrogens (tertiary/aromatic N) is 2. The summed E-state index contributed by atoms with van der Waals surface area (Å²) >= 11 is 0. The predicted molar refractivity (Wildman–Crippen MR) is 94.2 cm³/mol. The second kappa shape index (κ2) is 6.94. The van der Waals surface area contributed by atoms with Gasteiger partial charge in [-0.3, -0.25) is 4.79 Å². The van der Waals surface area contributed by atoms with E-state index in [0.717, 1.165) is 24.8 Å². The number of carbonyl (C=O) groups is 2. The van der Waals surface area contributed by atoms with Crippen molar-refractivity contribution < 1.29 is 19.1 Å². The molecule has 1 N–H and O–H groups in total. The maximum Gasteiger partial charge on any atom is 0.326 e. The van der Waals surface area contributed by atoms with Crippen molar-refractivity contribution >= 4 is 11.9 Å². The molecule has 1 aliphatic carbocycles. The second-order valence-corrected chi connectivity index (χ2v) is 7.17. The van der Waals surface area contributed by atoms with Crippen LogP contribution in [0.3, 0.4) is 0 Å². The van der Waals surface area contributed by atoms with Gasteiger partial charge < -0.3 is 14.4 Å². The van der Waals surface area contributed by atoms with E-state index in [1.807, 2.05) is 30.3 Å². The van der Waals surface area contributed by atoms with E-state index in [4.69, 9.17) is 4.42 Å². The SMILES string of the molecule is O=C(O)C1C2CCCC2CN1C(=O)CCc1ncc(-c2ccccc2)o1. The van der Waals surface area contributed by atoms with Crippen LogP contribution < -0.4 is 0 Å². The van der Waals surface area contributed by atoms with Gasteiger partial charge in [0.1, 0.15) is 6.04 Å². The van der Waals surface area contributed by atoms with Crippen LogP contribution in [0.4, 0.5) is 0 Å². The summed E-state index contributed by atoms with van der Waals surface area (Å²) < 4.78 is 5.73. The summed E-state index contributed by atoms with van der Waals surface area (Å²) in [5, 5.41) is 9.57. The standard InChI is InChI=1S/C20H22N2O4/c23-18(22-12-14-7-4-8-15(14)19(22)20(24)25)10-9-17-21-11-16(26-17)13-5-2-1-3-6-13/h1-3,5-6,11,14-15,19H,4,7-10,12H2,(H,24,25). The zero-order chi connectivity index (χ0) is 18.1. The van der Waals surface area contributed by atoms with Crippen LogP contribution in [0, 0.1) is 11.8 Å². The number of benzene rings is 1. The molecule has 26 heavy (non-hydrogen) atoms. The van der Waals surface area contributed by atoms with Crippen LogP contribution in [-0.2, 0) is 16.0 Å². The van der Waals surface area contributed by atoms with Crippen molar-refractivity contribution in [3.05, 3.63) is 42.4 Å². The number of oxazole rings is 1. The first-order valence-electron chi connectivity index (χ1n) is 9.16. The van der Waals surface area contributed by atoms with Gasteiger partial charge in [0.2, 0.25) is 5.91 Å². The van der Waals surface area contributed by atoms with Crippen molar-refractivity contribution in [2.24, 2.45) is 11.8 Å². The minimum Gasteiger partial charge on any atom is -0.480 e. The van der Waals surface area contributed by atoms with E-state index in [1.165, 1.54) is 0 Å². The fourth-order valence-electron chi connectivity index (χ4n) is 4.40. The highest BCUT2D eigenvalue weighted by molar-refractivity contribution is 5.84. The molecule has 1 amide bonds. The molecular weight excluding hydrogens is 332 g/mol. The van der Waals surface area contributed by atoms with Gasteiger partial charge in [-0.25, -0.2) is 9.78 Å². The predicted octanol–water partition coefficient (Wildman–Crippen LogP) is 2.99. The van der Waals surface area contributed by atoms with E-state index >= 15 is 0 Å². The summed E-state index contributed by atoms with van der Waals surface area (Å²) in [6.45, 7) is 0.571. The Hall–Kier alpha value is -2.63. The highest BCUT2D eigenvalue weighted by Crippen LogP contribution is 2.42. The molecule has 6 nitrogen and oxygen atoms in total. The molecule has 0 spiro atoms. The van der Waals surface area contributed by atoms with Gasteiger partial charge in [0, 0.05) is 24.9 Å². The Bertz CT molecular complexity index is 801. The van der Waals surface area contributed by atoms with Crippen molar-refractivity contribution in [1.29, 1.82) is 0 Å². The molecule has 2 fully saturated rings. The van der Waals surface area contributed by atoms with E-state index in [1.54, 1.807) is 11.1 Å². The molecule has 4 rings (SSSR count). The highest BCUT2D eigenvalue weighted by atomic mass is 16.4. The number of carboxylic acid groups (broad SMARTS) is 1. The largest absolute Gasteiger partial charge is 0.480 e. The number of fused-ring (bicyclic) bond motifs is 1. The first-order valence-corrected chi connectivity index (χ1v) is 9.16. The molecule has 6 heteroatoms. The Balaban J connectivity index is 1.40. The number of amides is 1. The van der Waals surface area contributed by atoms with Gasteiger partial charge in [-0.2, -0.15) is 0 Å². The normalized spacial score (nSPS) is 24.6. The molecule has 2 heterocycles. The van der Waals surface area contributed by atoms with Crippen molar-refractivity contribution in [3.8, 4) is 11.3 Å². The van der Waals surface area contributed by atoms with Crippen molar-refractivity contribution in [1.82, 2.24) is 9.88 Å². The molecule has 0 bridgehead atoms. The molecule has 1 saturated heterocycles. The van der Waals surface area contributed by atoms with Crippen molar-refractivity contribution in [2.45, 2.75) is 38.1 Å². The number of hydrogen-bond acceptors (Lipinski definition) is 4. The number of hydrogen-bond donors (Lipinski definition) is 1. The molecule has 1 aromatic heterocycles. The van der Waals surface area contributed by atoms with Crippen LogP contribution >= 0.6 is 0 Å². The zero-order valence-electron chi connectivity index (χ0n) is 14.5. The Morgan fingerprint density at radius 1 is 1.23 bits per heavy atom. The fourth-order valence-corrected chi connectivity index (χ4v) is 4.40. The number of aryl methyl sites for hydroxylation is 1. The molecule has 3 unspecified atom stereocenters. The Kier molecular flexibility index (Phi) is 4.49. The monoisotopic (exact) mass is 354 g/mol. The fraction of sp³-hybridized carbons (Fsp3) is 0.450. The van der Waals surface area contributed by atoms with E-state index in [-0.39, 0.29) is 18.2 Å². The van der Waals surface area contributed by atoms with Crippen LogP contribution in [-0.4, -0.2) is 39.5 Å². The van der Waals surface area contributed by atoms with E-state index in [2.05, 4.69) is 4.98 Å². The van der Waals surface area contributed by atoms with Crippen molar-refractivity contribution in [3.63, 3.8) is 0 Å². The van der Waals surface area contributed by atoms with Gasteiger partial charge >= 0.3 is 5.97 Å². The molecule has 1 saturated carbocycles. The summed E-state index contributed by atoms with van der Waals surface area (Å²) in [7, 11) is 0. The van der Waals surface area contributed by atoms with Gasteiger partial charge in [0.15, 0.2) is 11.7 Å². The minimum absolute atomic E-state index is 0.114. The third kappa shape index (κ3) is 3.11.